The standard InChI is InChI=1S/C15H20N2O/c1-3-4-8-18-14-7-5-6-12-9-13(10-16)11(2)17-15(12)14/h5-7,9H,3-4,8,10,16H2,1-2H3. The molecule has 0 aliphatic heterocycles. The molecule has 1 aromatic heterocycles. The van der Waals surface area contributed by atoms with E-state index in [9.17, 15) is 0 Å². The molecule has 0 atom stereocenters. The fourth-order valence-corrected chi connectivity index (χ4v) is 1.96. The number of nitrogens with zero attached hydrogens (tertiary/aromatic N) is 1. The maximum Gasteiger partial charge on any atom is 0.145 e. The summed E-state index contributed by atoms with van der Waals surface area (Å²) in [6, 6.07) is 8.13. The lowest BCUT2D eigenvalue weighted by Gasteiger charge is -2.10. The number of hydrogen-bond acceptors (Lipinski definition) is 3. The molecule has 0 saturated carbocycles. The van der Waals surface area contributed by atoms with Crippen LogP contribution in [0.2, 0.25) is 0 Å². The van der Waals surface area contributed by atoms with Crippen molar-refractivity contribution in [3.8, 4) is 5.75 Å². The van der Waals surface area contributed by atoms with Gasteiger partial charge in [-0.2, -0.15) is 0 Å². The summed E-state index contributed by atoms with van der Waals surface area (Å²) in [5.41, 5.74) is 8.71. The summed E-state index contributed by atoms with van der Waals surface area (Å²) >= 11 is 0. The first kappa shape index (κ1) is 12.8. The van der Waals surface area contributed by atoms with Crippen molar-refractivity contribution < 1.29 is 4.74 Å². The Hall–Kier alpha value is -1.61. The number of aromatic nitrogens is 1. The second kappa shape index (κ2) is 5.83. The molecule has 1 heterocycles. The van der Waals surface area contributed by atoms with Gasteiger partial charge in [-0.3, -0.25) is 0 Å². The van der Waals surface area contributed by atoms with Crippen molar-refractivity contribution in [3.05, 3.63) is 35.5 Å². The molecule has 0 aliphatic carbocycles. The zero-order valence-electron chi connectivity index (χ0n) is 11.1. The monoisotopic (exact) mass is 244 g/mol. The minimum Gasteiger partial charge on any atom is -0.491 e. The first-order chi connectivity index (χ1) is 8.76. The minimum absolute atomic E-state index is 0.524. The van der Waals surface area contributed by atoms with E-state index < -0.39 is 0 Å². The number of nitrogens with two attached hydrogens (primary N) is 1. The van der Waals surface area contributed by atoms with Crippen LogP contribution in [-0.2, 0) is 6.54 Å². The maximum absolute atomic E-state index is 5.79. The normalized spacial score (nSPS) is 10.8. The topological polar surface area (TPSA) is 48.1 Å². The molecule has 0 spiro atoms. The Labute approximate surface area is 108 Å². The van der Waals surface area contributed by atoms with Crippen LogP contribution in [0.1, 0.15) is 31.0 Å². The van der Waals surface area contributed by atoms with Crippen LogP contribution >= 0.6 is 0 Å². The minimum atomic E-state index is 0.524. The van der Waals surface area contributed by atoms with Gasteiger partial charge in [-0.25, -0.2) is 4.98 Å². The van der Waals surface area contributed by atoms with E-state index in [-0.39, 0.29) is 0 Å². The van der Waals surface area contributed by atoms with Gasteiger partial charge < -0.3 is 10.5 Å². The lowest BCUT2D eigenvalue weighted by atomic mass is 10.1. The Balaban J connectivity index is 2.39. The van der Waals surface area contributed by atoms with E-state index in [2.05, 4.69) is 18.0 Å². The Bertz CT molecular complexity index is 537. The number of fused-ring (bicyclic) bond motifs is 1. The number of benzene rings is 1. The van der Waals surface area contributed by atoms with Crippen LogP contribution in [0.4, 0.5) is 0 Å². The Morgan fingerprint density at radius 2 is 2.17 bits per heavy atom. The van der Waals surface area contributed by atoms with E-state index in [4.69, 9.17) is 10.5 Å². The number of pyridine rings is 1. The van der Waals surface area contributed by atoms with Gasteiger partial charge in [0.1, 0.15) is 11.3 Å². The highest BCUT2D eigenvalue weighted by atomic mass is 16.5. The molecule has 0 aliphatic rings. The van der Waals surface area contributed by atoms with E-state index in [0.29, 0.717) is 6.54 Å². The number of para-hydroxylation sites is 1. The maximum atomic E-state index is 5.79. The summed E-state index contributed by atoms with van der Waals surface area (Å²) in [4.78, 5) is 4.62. The fraction of sp³-hybridized carbons (Fsp3) is 0.400. The van der Waals surface area contributed by atoms with Crippen LogP contribution in [-0.4, -0.2) is 11.6 Å². The van der Waals surface area contributed by atoms with E-state index >= 15 is 0 Å². The highest BCUT2D eigenvalue weighted by Crippen LogP contribution is 2.25. The quantitative estimate of drug-likeness (QED) is 0.822. The Morgan fingerprint density at radius 3 is 2.89 bits per heavy atom. The summed E-state index contributed by atoms with van der Waals surface area (Å²) in [7, 11) is 0. The molecule has 18 heavy (non-hydrogen) atoms. The molecule has 2 aromatic rings. The zero-order valence-corrected chi connectivity index (χ0v) is 11.1. The molecule has 1 aromatic carbocycles. The lowest BCUT2D eigenvalue weighted by molar-refractivity contribution is 0.312. The third-order valence-corrected chi connectivity index (χ3v) is 3.08. The fourth-order valence-electron chi connectivity index (χ4n) is 1.96. The van der Waals surface area contributed by atoms with Gasteiger partial charge in [0.15, 0.2) is 0 Å². The van der Waals surface area contributed by atoms with Gasteiger partial charge in [0, 0.05) is 17.6 Å². The van der Waals surface area contributed by atoms with Crippen molar-refractivity contribution in [3.63, 3.8) is 0 Å². The van der Waals surface area contributed by atoms with E-state index in [1.54, 1.807) is 0 Å². The summed E-state index contributed by atoms with van der Waals surface area (Å²) < 4.78 is 5.79. The molecule has 2 rings (SSSR count). The zero-order chi connectivity index (χ0) is 13.0. The summed E-state index contributed by atoms with van der Waals surface area (Å²) in [5, 5.41) is 1.09. The molecule has 3 heteroatoms. The van der Waals surface area contributed by atoms with Gasteiger partial charge in [0.25, 0.3) is 0 Å². The summed E-state index contributed by atoms with van der Waals surface area (Å²) in [5.74, 6) is 0.868. The summed E-state index contributed by atoms with van der Waals surface area (Å²) in [6.45, 7) is 5.41. The van der Waals surface area contributed by atoms with Crippen LogP contribution in [0, 0.1) is 6.92 Å². The summed E-state index contributed by atoms with van der Waals surface area (Å²) in [6.07, 6.45) is 2.20. The number of unbranched alkanes of at least 4 members (excludes halogenated alkanes) is 1. The molecule has 0 radical (unpaired) electrons. The first-order valence-electron chi connectivity index (χ1n) is 6.48. The molecule has 96 valence electrons. The predicted octanol–water partition coefficient (Wildman–Crippen LogP) is 3.18. The van der Waals surface area contributed by atoms with E-state index in [1.165, 1.54) is 0 Å². The third-order valence-electron chi connectivity index (χ3n) is 3.08. The van der Waals surface area contributed by atoms with Crippen molar-refractivity contribution >= 4 is 10.9 Å². The lowest BCUT2D eigenvalue weighted by Crippen LogP contribution is -2.03. The number of aryl methyl sites for hydroxylation is 1. The van der Waals surface area contributed by atoms with Crippen molar-refractivity contribution in [2.24, 2.45) is 5.73 Å². The predicted molar refractivity (Wildman–Crippen MR) is 74.8 cm³/mol. The van der Waals surface area contributed by atoms with Crippen molar-refractivity contribution in [2.45, 2.75) is 33.2 Å². The highest BCUT2D eigenvalue weighted by molar-refractivity contribution is 5.85. The molecule has 0 saturated heterocycles. The largest absolute Gasteiger partial charge is 0.491 e. The number of ether oxygens (including phenoxy) is 1. The van der Waals surface area contributed by atoms with Gasteiger partial charge in [-0.05, 0) is 31.0 Å². The van der Waals surface area contributed by atoms with Gasteiger partial charge in [0.05, 0.1) is 6.61 Å². The average Bonchev–Trinajstić information content (AvgIpc) is 2.39. The number of rotatable bonds is 5. The molecule has 0 bridgehead atoms. The van der Waals surface area contributed by atoms with Gasteiger partial charge in [-0.15, -0.1) is 0 Å². The van der Waals surface area contributed by atoms with Crippen LogP contribution in [0.3, 0.4) is 0 Å². The molecule has 0 unspecified atom stereocenters. The van der Waals surface area contributed by atoms with Gasteiger partial charge in [0.2, 0.25) is 0 Å². The molecule has 3 nitrogen and oxygen atoms in total. The van der Waals surface area contributed by atoms with Crippen LogP contribution in [0.25, 0.3) is 10.9 Å². The second-order valence-electron chi connectivity index (χ2n) is 4.47. The third kappa shape index (κ3) is 2.62. The molecular formula is C15H20N2O. The van der Waals surface area contributed by atoms with Crippen molar-refractivity contribution in [1.29, 1.82) is 0 Å². The smallest absolute Gasteiger partial charge is 0.145 e. The van der Waals surface area contributed by atoms with E-state index in [0.717, 1.165) is 47.4 Å². The van der Waals surface area contributed by atoms with Gasteiger partial charge in [-0.1, -0.05) is 25.5 Å². The number of hydrogen-bond donors (Lipinski definition) is 1. The molecular weight excluding hydrogens is 224 g/mol. The average molecular weight is 244 g/mol. The highest BCUT2D eigenvalue weighted by Gasteiger charge is 2.06. The van der Waals surface area contributed by atoms with Crippen LogP contribution < -0.4 is 10.5 Å². The van der Waals surface area contributed by atoms with E-state index in [1.807, 2.05) is 25.1 Å². The Morgan fingerprint density at radius 1 is 1.33 bits per heavy atom. The van der Waals surface area contributed by atoms with Gasteiger partial charge >= 0.3 is 0 Å². The molecule has 2 N–H and O–H groups in total. The Kier molecular flexibility index (Phi) is 4.15. The van der Waals surface area contributed by atoms with Crippen LogP contribution in [0.5, 0.6) is 5.75 Å². The molecule has 0 amide bonds. The van der Waals surface area contributed by atoms with Crippen LogP contribution in [0.15, 0.2) is 24.3 Å². The second-order valence-corrected chi connectivity index (χ2v) is 4.47. The SMILES string of the molecule is CCCCOc1cccc2cc(CN)c(C)nc12. The first-order valence-corrected chi connectivity index (χ1v) is 6.48. The van der Waals surface area contributed by atoms with Crippen molar-refractivity contribution in [1.82, 2.24) is 4.98 Å². The molecule has 0 fully saturated rings. The van der Waals surface area contributed by atoms with Crippen molar-refractivity contribution in [2.75, 3.05) is 6.61 Å².